The Morgan fingerprint density at radius 3 is 2.81 bits per heavy atom. The van der Waals surface area contributed by atoms with Gasteiger partial charge in [-0.1, -0.05) is 11.8 Å². The number of amides is 1. The average molecular weight is 313 g/mol. The standard InChI is InChI=1S/C13H13F2N3O2S/c14-8-5-10-11(6-9(8)15)17-13(16-10)21-7-12(19)18-1-3-20-4-2-18/h5-6H,1-4,7H2,(H,16,17). The molecule has 0 radical (unpaired) electrons. The predicted octanol–water partition coefficient (Wildman–Crippen LogP) is 1.79. The number of hydrogen-bond donors (Lipinski definition) is 1. The zero-order valence-corrected chi connectivity index (χ0v) is 11.9. The van der Waals surface area contributed by atoms with E-state index in [9.17, 15) is 13.6 Å². The first-order valence-corrected chi connectivity index (χ1v) is 7.45. The molecule has 1 aliphatic heterocycles. The number of nitrogens with zero attached hydrogens (tertiary/aromatic N) is 2. The van der Waals surface area contributed by atoms with Crippen LogP contribution in [0.3, 0.4) is 0 Å². The number of rotatable bonds is 3. The number of halogens is 2. The van der Waals surface area contributed by atoms with E-state index in [0.717, 1.165) is 12.1 Å². The highest BCUT2D eigenvalue weighted by Gasteiger charge is 2.17. The summed E-state index contributed by atoms with van der Waals surface area (Å²) in [5, 5.41) is 0.469. The summed E-state index contributed by atoms with van der Waals surface area (Å²) in [5.41, 5.74) is 0.755. The van der Waals surface area contributed by atoms with E-state index < -0.39 is 11.6 Å². The third-order valence-electron chi connectivity index (χ3n) is 3.20. The molecule has 0 saturated carbocycles. The number of morpholine rings is 1. The summed E-state index contributed by atoms with van der Waals surface area (Å²) in [6.45, 7) is 2.30. The van der Waals surface area contributed by atoms with Crippen molar-refractivity contribution in [2.75, 3.05) is 32.1 Å². The van der Waals surface area contributed by atoms with Crippen molar-refractivity contribution in [2.24, 2.45) is 0 Å². The number of nitrogens with one attached hydrogen (secondary N) is 1. The number of carbonyl (C=O) groups is 1. The normalized spacial score (nSPS) is 15.6. The van der Waals surface area contributed by atoms with Crippen LogP contribution in [0.1, 0.15) is 0 Å². The number of H-pyrrole nitrogens is 1. The summed E-state index contributed by atoms with van der Waals surface area (Å²) in [5.74, 6) is -1.63. The summed E-state index contributed by atoms with van der Waals surface area (Å²) >= 11 is 1.22. The molecule has 21 heavy (non-hydrogen) atoms. The Kier molecular flexibility index (Phi) is 4.07. The van der Waals surface area contributed by atoms with Crippen LogP contribution < -0.4 is 0 Å². The van der Waals surface area contributed by atoms with Crippen molar-refractivity contribution in [3.8, 4) is 0 Å². The van der Waals surface area contributed by atoms with Crippen molar-refractivity contribution in [3.63, 3.8) is 0 Å². The molecule has 5 nitrogen and oxygen atoms in total. The van der Waals surface area contributed by atoms with Crippen LogP contribution in [0.5, 0.6) is 0 Å². The Morgan fingerprint density at radius 2 is 2.05 bits per heavy atom. The molecule has 1 aliphatic rings. The molecule has 0 atom stereocenters. The number of thioether (sulfide) groups is 1. The van der Waals surface area contributed by atoms with Gasteiger partial charge in [-0.15, -0.1) is 0 Å². The number of aromatic amines is 1. The molecule has 112 valence electrons. The Bertz CT molecular complexity index is 632. The van der Waals surface area contributed by atoms with Crippen molar-refractivity contribution >= 4 is 28.7 Å². The molecule has 2 aromatic rings. The molecule has 2 heterocycles. The van der Waals surface area contributed by atoms with Gasteiger partial charge >= 0.3 is 0 Å². The Labute approximate surface area is 123 Å². The van der Waals surface area contributed by atoms with Crippen LogP contribution in [0.4, 0.5) is 8.78 Å². The SMILES string of the molecule is O=C(CSc1nc2cc(F)c(F)cc2[nH]1)N1CCOCC1. The first-order chi connectivity index (χ1) is 10.1. The van der Waals surface area contributed by atoms with E-state index in [1.165, 1.54) is 11.8 Å². The third kappa shape index (κ3) is 3.16. The number of benzene rings is 1. The minimum Gasteiger partial charge on any atom is -0.378 e. The maximum atomic E-state index is 13.1. The van der Waals surface area contributed by atoms with Crippen LogP contribution in [-0.2, 0) is 9.53 Å². The fraction of sp³-hybridized carbons (Fsp3) is 0.385. The Hall–Kier alpha value is -1.67. The van der Waals surface area contributed by atoms with Crippen LogP contribution in [0, 0.1) is 11.6 Å². The summed E-state index contributed by atoms with van der Waals surface area (Å²) in [6, 6.07) is 2.10. The fourth-order valence-corrected chi connectivity index (χ4v) is 2.87. The average Bonchev–Trinajstić information content (AvgIpc) is 2.88. The maximum absolute atomic E-state index is 13.1. The van der Waals surface area contributed by atoms with E-state index in [2.05, 4.69) is 9.97 Å². The minimum atomic E-state index is -0.935. The van der Waals surface area contributed by atoms with Crippen molar-refractivity contribution in [1.82, 2.24) is 14.9 Å². The number of carbonyl (C=O) groups excluding carboxylic acids is 1. The van der Waals surface area contributed by atoms with Gasteiger partial charge in [0.2, 0.25) is 5.91 Å². The van der Waals surface area contributed by atoms with E-state index >= 15 is 0 Å². The summed E-state index contributed by atoms with van der Waals surface area (Å²) < 4.78 is 31.4. The molecular formula is C13H13F2N3O2S. The number of aromatic nitrogens is 2. The zero-order valence-electron chi connectivity index (χ0n) is 11.1. The van der Waals surface area contributed by atoms with E-state index in [-0.39, 0.29) is 11.7 Å². The van der Waals surface area contributed by atoms with Crippen molar-refractivity contribution < 1.29 is 18.3 Å². The molecule has 0 aliphatic carbocycles. The van der Waals surface area contributed by atoms with Gasteiger partial charge < -0.3 is 14.6 Å². The molecule has 0 spiro atoms. The van der Waals surface area contributed by atoms with Crippen LogP contribution in [-0.4, -0.2) is 52.8 Å². The third-order valence-corrected chi connectivity index (χ3v) is 4.06. The van der Waals surface area contributed by atoms with Gasteiger partial charge in [0.05, 0.1) is 30.0 Å². The Morgan fingerprint density at radius 1 is 1.33 bits per heavy atom. The lowest BCUT2D eigenvalue weighted by Crippen LogP contribution is -2.41. The molecule has 1 saturated heterocycles. The van der Waals surface area contributed by atoms with Gasteiger partial charge in [0.25, 0.3) is 0 Å². The van der Waals surface area contributed by atoms with Gasteiger partial charge in [-0.05, 0) is 0 Å². The number of hydrogen-bond acceptors (Lipinski definition) is 4. The van der Waals surface area contributed by atoms with Crippen LogP contribution >= 0.6 is 11.8 Å². The quantitative estimate of drug-likeness (QED) is 0.878. The molecule has 1 aromatic heterocycles. The summed E-state index contributed by atoms with van der Waals surface area (Å²) in [4.78, 5) is 20.7. The highest BCUT2D eigenvalue weighted by molar-refractivity contribution is 7.99. The first kappa shape index (κ1) is 14.3. The maximum Gasteiger partial charge on any atom is 0.233 e. The predicted molar refractivity (Wildman–Crippen MR) is 74.1 cm³/mol. The lowest BCUT2D eigenvalue weighted by atomic mass is 10.3. The molecule has 0 unspecified atom stereocenters. The molecule has 1 fully saturated rings. The van der Waals surface area contributed by atoms with Gasteiger partial charge in [0.15, 0.2) is 16.8 Å². The van der Waals surface area contributed by atoms with Gasteiger partial charge in [-0.2, -0.15) is 0 Å². The number of imidazole rings is 1. The molecule has 0 bridgehead atoms. The molecule has 3 rings (SSSR count). The second-order valence-corrected chi connectivity index (χ2v) is 5.57. The highest BCUT2D eigenvalue weighted by Crippen LogP contribution is 2.22. The summed E-state index contributed by atoms with van der Waals surface area (Å²) in [6.07, 6.45) is 0. The van der Waals surface area contributed by atoms with Crippen molar-refractivity contribution in [3.05, 3.63) is 23.8 Å². The van der Waals surface area contributed by atoms with Crippen molar-refractivity contribution in [1.29, 1.82) is 0 Å². The van der Waals surface area contributed by atoms with E-state index in [4.69, 9.17) is 4.74 Å². The van der Waals surface area contributed by atoms with Gasteiger partial charge in [0.1, 0.15) is 0 Å². The van der Waals surface area contributed by atoms with E-state index in [0.29, 0.717) is 42.5 Å². The number of fused-ring (bicyclic) bond motifs is 1. The zero-order chi connectivity index (χ0) is 14.8. The largest absolute Gasteiger partial charge is 0.378 e. The molecule has 1 N–H and O–H groups in total. The number of ether oxygens (including phenoxy) is 1. The fourth-order valence-electron chi connectivity index (χ4n) is 2.08. The van der Waals surface area contributed by atoms with Crippen molar-refractivity contribution in [2.45, 2.75) is 5.16 Å². The molecule has 1 aromatic carbocycles. The lowest BCUT2D eigenvalue weighted by Gasteiger charge is -2.26. The Balaban J connectivity index is 1.66. The molecular weight excluding hydrogens is 300 g/mol. The van der Waals surface area contributed by atoms with E-state index in [1.807, 2.05) is 0 Å². The second-order valence-electron chi connectivity index (χ2n) is 4.61. The van der Waals surface area contributed by atoms with E-state index in [1.54, 1.807) is 4.90 Å². The van der Waals surface area contributed by atoms with Gasteiger partial charge in [-0.25, -0.2) is 13.8 Å². The monoisotopic (exact) mass is 313 g/mol. The highest BCUT2D eigenvalue weighted by atomic mass is 32.2. The summed E-state index contributed by atoms with van der Waals surface area (Å²) in [7, 11) is 0. The van der Waals surface area contributed by atoms with Crippen LogP contribution in [0.25, 0.3) is 11.0 Å². The smallest absolute Gasteiger partial charge is 0.233 e. The lowest BCUT2D eigenvalue weighted by molar-refractivity contribution is -0.132. The topological polar surface area (TPSA) is 58.2 Å². The second kappa shape index (κ2) is 5.98. The minimum absolute atomic E-state index is 0.00103. The van der Waals surface area contributed by atoms with Gasteiger partial charge in [-0.3, -0.25) is 4.79 Å². The van der Waals surface area contributed by atoms with Crippen LogP contribution in [0.15, 0.2) is 17.3 Å². The van der Waals surface area contributed by atoms with Crippen LogP contribution in [0.2, 0.25) is 0 Å². The molecule has 8 heteroatoms. The molecule has 1 amide bonds. The first-order valence-electron chi connectivity index (χ1n) is 6.46. The van der Waals surface area contributed by atoms with Gasteiger partial charge in [0, 0.05) is 25.2 Å².